The van der Waals surface area contributed by atoms with Gasteiger partial charge in [-0.15, -0.1) is 0 Å². The van der Waals surface area contributed by atoms with Gasteiger partial charge in [-0.1, -0.05) is 29.8 Å². The third kappa shape index (κ3) is 3.91. The number of nitrogens with zero attached hydrogens (tertiary/aromatic N) is 1. The van der Waals surface area contributed by atoms with E-state index in [2.05, 4.69) is 0 Å². The van der Waals surface area contributed by atoms with E-state index in [1.807, 2.05) is 0 Å². The van der Waals surface area contributed by atoms with Crippen LogP contribution >= 0.6 is 11.6 Å². The van der Waals surface area contributed by atoms with Gasteiger partial charge in [-0.05, 0) is 48.5 Å². The molecule has 1 atom stereocenters. The molecule has 3 aromatic rings. The Morgan fingerprint density at radius 1 is 0.970 bits per heavy atom. The number of rotatable bonds is 5. The number of ether oxygens (including phenoxy) is 2. The Morgan fingerprint density at radius 2 is 1.64 bits per heavy atom. The molecule has 0 spiro atoms. The van der Waals surface area contributed by atoms with Gasteiger partial charge in [0.1, 0.15) is 11.6 Å². The SMILES string of the molecule is COc1ccc(/C(O)=C2\C(=O)C(=O)N(c3ccc(Cl)cc3)C2c2ccccc2F)cc1OC. The number of anilines is 1. The number of amides is 1. The molecule has 0 radical (unpaired) electrons. The van der Waals surface area contributed by atoms with E-state index in [1.165, 1.54) is 44.6 Å². The molecular weight excluding hydrogens is 449 g/mol. The number of halogens is 2. The van der Waals surface area contributed by atoms with Gasteiger partial charge in [-0.3, -0.25) is 14.5 Å². The number of benzene rings is 3. The highest BCUT2D eigenvalue weighted by atomic mass is 35.5. The van der Waals surface area contributed by atoms with E-state index in [-0.39, 0.29) is 16.7 Å². The molecule has 1 fully saturated rings. The third-order valence-corrected chi connectivity index (χ3v) is 5.66. The molecule has 0 bridgehead atoms. The molecule has 1 unspecified atom stereocenters. The fourth-order valence-electron chi connectivity index (χ4n) is 3.83. The normalized spacial score (nSPS) is 17.3. The summed E-state index contributed by atoms with van der Waals surface area (Å²) in [6, 6.07) is 15.4. The lowest BCUT2D eigenvalue weighted by Crippen LogP contribution is -2.29. The van der Waals surface area contributed by atoms with Gasteiger partial charge in [0, 0.05) is 21.8 Å². The van der Waals surface area contributed by atoms with E-state index in [1.54, 1.807) is 36.4 Å². The summed E-state index contributed by atoms with van der Waals surface area (Å²) in [7, 11) is 2.90. The van der Waals surface area contributed by atoms with Crippen molar-refractivity contribution in [2.45, 2.75) is 6.04 Å². The maximum atomic E-state index is 14.9. The van der Waals surface area contributed by atoms with Gasteiger partial charge in [0.15, 0.2) is 11.5 Å². The molecule has 1 heterocycles. The summed E-state index contributed by atoms with van der Waals surface area (Å²) in [4.78, 5) is 27.4. The van der Waals surface area contributed by atoms with Crippen LogP contribution in [0.1, 0.15) is 17.2 Å². The minimum Gasteiger partial charge on any atom is -0.507 e. The van der Waals surface area contributed by atoms with Crippen LogP contribution in [0.4, 0.5) is 10.1 Å². The first-order chi connectivity index (χ1) is 15.9. The largest absolute Gasteiger partial charge is 0.507 e. The molecular formula is C25H19ClFNO5. The summed E-state index contributed by atoms with van der Waals surface area (Å²) in [5.74, 6) is -2.18. The average Bonchev–Trinajstić information content (AvgIpc) is 3.09. The molecule has 1 saturated heterocycles. The monoisotopic (exact) mass is 467 g/mol. The van der Waals surface area contributed by atoms with Crippen LogP contribution in [0.25, 0.3) is 5.76 Å². The zero-order chi connectivity index (χ0) is 23.7. The van der Waals surface area contributed by atoms with Crippen molar-refractivity contribution < 1.29 is 28.6 Å². The average molecular weight is 468 g/mol. The Morgan fingerprint density at radius 3 is 2.27 bits per heavy atom. The molecule has 33 heavy (non-hydrogen) atoms. The zero-order valence-corrected chi connectivity index (χ0v) is 18.5. The van der Waals surface area contributed by atoms with E-state index in [0.717, 1.165) is 4.90 Å². The van der Waals surface area contributed by atoms with Crippen molar-refractivity contribution in [1.29, 1.82) is 0 Å². The number of hydrogen-bond donors (Lipinski definition) is 1. The first-order valence-electron chi connectivity index (χ1n) is 9.90. The molecule has 0 aromatic heterocycles. The Kier molecular flexibility index (Phi) is 6.07. The fraction of sp³-hybridized carbons (Fsp3) is 0.120. The second-order valence-electron chi connectivity index (χ2n) is 7.24. The number of hydrogen-bond acceptors (Lipinski definition) is 5. The number of carbonyl (C=O) groups excluding carboxylic acids is 2. The van der Waals surface area contributed by atoms with Gasteiger partial charge in [0.05, 0.1) is 25.8 Å². The quantitative estimate of drug-likeness (QED) is 0.320. The number of aliphatic hydroxyl groups excluding tert-OH is 1. The molecule has 1 N–H and O–H groups in total. The van der Waals surface area contributed by atoms with Crippen LogP contribution in [0.5, 0.6) is 11.5 Å². The van der Waals surface area contributed by atoms with Crippen LogP contribution < -0.4 is 14.4 Å². The van der Waals surface area contributed by atoms with Crippen molar-refractivity contribution in [2.24, 2.45) is 0 Å². The van der Waals surface area contributed by atoms with E-state index in [4.69, 9.17) is 21.1 Å². The van der Waals surface area contributed by atoms with Crippen molar-refractivity contribution in [2.75, 3.05) is 19.1 Å². The molecule has 1 amide bonds. The Hall–Kier alpha value is -3.84. The fourth-order valence-corrected chi connectivity index (χ4v) is 3.96. The van der Waals surface area contributed by atoms with Gasteiger partial charge < -0.3 is 14.6 Å². The Labute approximate surface area is 194 Å². The van der Waals surface area contributed by atoms with Crippen LogP contribution in [0.3, 0.4) is 0 Å². The first-order valence-corrected chi connectivity index (χ1v) is 10.3. The van der Waals surface area contributed by atoms with Crippen LogP contribution in [0.2, 0.25) is 5.02 Å². The van der Waals surface area contributed by atoms with Crippen molar-refractivity contribution >= 4 is 34.7 Å². The summed E-state index contributed by atoms with van der Waals surface area (Å²) in [5, 5.41) is 11.6. The van der Waals surface area contributed by atoms with Gasteiger partial charge in [0.2, 0.25) is 0 Å². The summed E-state index contributed by atoms with van der Waals surface area (Å²) >= 11 is 5.97. The maximum absolute atomic E-state index is 14.9. The summed E-state index contributed by atoms with van der Waals surface area (Å²) in [6.45, 7) is 0. The van der Waals surface area contributed by atoms with Crippen LogP contribution in [0, 0.1) is 5.82 Å². The topological polar surface area (TPSA) is 76.1 Å². The van der Waals surface area contributed by atoms with E-state index in [0.29, 0.717) is 22.2 Å². The predicted octanol–water partition coefficient (Wildman–Crippen LogP) is 5.12. The van der Waals surface area contributed by atoms with Crippen molar-refractivity contribution in [3.05, 3.63) is 94.3 Å². The number of aliphatic hydroxyl groups is 1. The van der Waals surface area contributed by atoms with Crippen LogP contribution in [0.15, 0.2) is 72.3 Å². The lowest BCUT2D eigenvalue weighted by molar-refractivity contribution is -0.132. The summed E-state index contributed by atoms with van der Waals surface area (Å²) in [5.41, 5.74) is 0.366. The van der Waals surface area contributed by atoms with Crippen molar-refractivity contribution in [1.82, 2.24) is 0 Å². The minimum absolute atomic E-state index is 0.0636. The zero-order valence-electron chi connectivity index (χ0n) is 17.7. The highest BCUT2D eigenvalue weighted by molar-refractivity contribution is 6.51. The molecule has 1 aliphatic rings. The van der Waals surface area contributed by atoms with Gasteiger partial charge in [-0.25, -0.2) is 4.39 Å². The van der Waals surface area contributed by atoms with Gasteiger partial charge in [-0.2, -0.15) is 0 Å². The van der Waals surface area contributed by atoms with E-state index < -0.39 is 29.3 Å². The smallest absolute Gasteiger partial charge is 0.300 e. The number of methoxy groups -OCH3 is 2. The number of ketones is 1. The lowest BCUT2D eigenvalue weighted by Gasteiger charge is -2.25. The van der Waals surface area contributed by atoms with Gasteiger partial charge in [0.25, 0.3) is 11.7 Å². The molecule has 8 heteroatoms. The summed E-state index contributed by atoms with van der Waals surface area (Å²) in [6.07, 6.45) is 0. The summed E-state index contributed by atoms with van der Waals surface area (Å²) < 4.78 is 25.4. The molecule has 4 rings (SSSR count). The molecule has 0 saturated carbocycles. The minimum atomic E-state index is -1.19. The number of carbonyl (C=O) groups is 2. The third-order valence-electron chi connectivity index (χ3n) is 5.41. The molecule has 6 nitrogen and oxygen atoms in total. The second-order valence-corrected chi connectivity index (χ2v) is 7.67. The molecule has 1 aliphatic heterocycles. The highest BCUT2D eigenvalue weighted by Crippen LogP contribution is 2.43. The number of Topliss-reactive ketones (excluding diaryl/α,β-unsaturated/α-hetero) is 1. The lowest BCUT2D eigenvalue weighted by atomic mass is 9.94. The molecule has 3 aromatic carbocycles. The Bertz CT molecular complexity index is 1270. The van der Waals surface area contributed by atoms with E-state index in [9.17, 15) is 19.1 Å². The van der Waals surface area contributed by atoms with Gasteiger partial charge >= 0.3 is 0 Å². The van der Waals surface area contributed by atoms with Crippen molar-refractivity contribution in [3.8, 4) is 11.5 Å². The van der Waals surface area contributed by atoms with Crippen molar-refractivity contribution in [3.63, 3.8) is 0 Å². The Balaban J connectivity index is 1.96. The van der Waals surface area contributed by atoms with E-state index >= 15 is 0 Å². The van der Waals surface area contributed by atoms with Crippen LogP contribution in [-0.2, 0) is 9.59 Å². The second kappa shape index (κ2) is 8.96. The maximum Gasteiger partial charge on any atom is 0.300 e. The highest BCUT2D eigenvalue weighted by Gasteiger charge is 2.47. The standard InChI is InChI=1S/C25H19ClFNO5/c1-32-19-12-7-14(13-20(19)33-2)23(29)21-22(17-5-3-4-6-18(17)27)28(25(31)24(21)30)16-10-8-15(26)9-11-16/h3-13,22,29H,1-2H3/b23-21+. The predicted molar refractivity (Wildman–Crippen MR) is 122 cm³/mol. The van der Waals surface area contributed by atoms with Crippen LogP contribution in [-0.4, -0.2) is 31.0 Å². The first kappa shape index (κ1) is 22.4. The molecule has 168 valence electrons. The molecule has 0 aliphatic carbocycles.